The van der Waals surface area contributed by atoms with Crippen LogP contribution in [0.3, 0.4) is 0 Å². The SMILES string of the molecule is C=CCOc1ccc(C(C)=NNc2nc3c(c(=O)n(Cc4ccc(Cl)cc4)c(=O)n3C)n2C)cc1. The lowest BCUT2D eigenvalue weighted by atomic mass is 10.1. The number of aromatic nitrogens is 4. The molecule has 0 spiro atoms. The van der Waals surface area contributed by atoms with Crippen LogP contribution in [0, 0.1) is 0 Å². The van der Waals surface area contributed by atoms with Crippen LogP contribution in [0.15, 0.2) is 75.9 Å². The zero-order valence-electron chi connectivity index (χ0n) is 19.7. The van der Waals surface area contributed by atoms with E-state index in [-0.39, 0.29) is 12.2 Å². The number of ether oxygens (including phenoxy) is 1. The van der Waals surface area contributed by atoms with E-state index in [0.717, 1.165) is 16.9 Å². The van der Waals surface area contributed by atoms with Crippen molar-refractivity contribution in [3.8, 4) is 5.75 Å². The molecule has 180 valence electrons. The number of anilines is 1. The van der Waals surface area contributed by atoms with Crippen LogP contribution in [0.25, 0.3) is 11.2 Å². The fourth-order valence-electron chi connectivity index (χ4n) is 3.60. The van der Waals surface area contributed by atoms with Crippen LogP contribution >= 0.6 is 11.6 Å². The van der Waals surface area contributed by atoms with E-state index in [1.807, 2.05) is 31.2 Å². The van der Waals surface area contributed by atoms with Gasteiger partial charge in [-0.1, -0.05) is 36.4 Å². The molecule has 0 amide bonds. The summed E-state index contributed by atoms with van der Waals surface area (Å²) in [6.07, 6.45) is 1.68. The summed E-state index contributed by atoms with van der Waals surface area (Å²) in [6, 6.07) is 14.5. The van der Waals surface area contributed by atoms with Gasteiger partial charge in [-0.05, 0) is 54.4 Å². The van der Waals surface area contributed by atoms with E-state index in [2.05, 4.69) is 22.1 Å². The van der Waals surface area contributed by atoms with Crippen molar-refractivity contribution in [1.82, 2.24) is 18.7 Å². The van der Waals surface area contributed by atoms with Crippen molar-refractivity contribution in [3.05, 3.63) is 98.2 Å². The van der Waals surface area contributed by atoms with Crippen molar-refractivity contribution in [2.45, 2.75) is 13.5 Å². The first-order chi connectivity index (χ1) is 16.8. The maximum absolute atomic E-state index is 13.3. The summed E-state index contributed by atoms with van der Waals surface area (Å²) in [5.41, 5.74) is 4.97. The standard InChI is InChI=1S/C25H25ClN6O3/c1-5-14-35-20-12-8-18(9-13-20)16(2)28-29-24-27-22-21(30(24)3)23(33)32(25(34)31(22)4)15-17-6-10-19(26)11-7-17/h5-13H,1,14-15H2,2-4H3,(H,27,29). The van der Waals surface area contributed by atoms with Gasteiger partial charge in [-0.15, -0.1) is 0 Å². The van der Waals surface area contributed by atoms with Crippen molar-refractivity contribution in [2.75, 3.05) is 12.0 Å². The first-order valence-corrected chi connectivity index (χ1v) is 11.2. The van der Waals surface area contributed by atoms with E-state index in [4.69, 9.17) is 16.3 Å². The van der Waals surface area contributed by atoms with E-state index < -0.39 is 11.2 Å². The molecule has 2 aromatic carbocycles. The first-order valence-electron chi connectivity index (χ1n) is 10.8. The highest BCUT2D eigenvalue weighted by atomic mass is 35.5. The van der Waals surface area contributed by atoms with Gasteiger partial charge in [-0.3, -0.25) is 13.9 Å². The van der Waals surface area contributed by atoms with E-state index in [1.54, 1.807) is 49.0 Å². The Kier molecular flexibility index (Phi) is 6.88. The molecular formula is C25H25ClN6O3. The van der Waals surface area contributed by atoms with Crippen molar-refractivity contribution >= 4 is 34.4 Å². The monoisotopic (exact) mass is 492 g/mol. The quantitative estimate of drug-likeness (QED) is 0.230. The lowest BCUT2D eigenvalue weighted by Crippen LogP contribution is -2.39. The molecule has 4 rings (SSSR count). The number of hydrogen-bond acceptors (Lipinski definition) is 6. The highest BCUT2D eigenvalue weighted by Gasteiger charge is 2.18. The topological polar surface area (TPSA) is 95.4 Å². The van der Waals surface area contributed by atoms with Gasteiger partial charge in [0.15, 0.2) is 11.2 Å². The fourth-order valence-corrected chi connectivity index (χ4v) is 3.73. The van der Waals surface area contributed by atoms with Gasteiger partial charge in [0, 0.05) is 19.1 Å². The minimum Gasteiger partial charge on any atom is -0.490 e. The highest BCUT2D eigenvalue weighted by Crippen LogP contribution is 2.16. The molecule has 0 atom stereocenters. The number of imidazole rings is 1. The third-order valence-electron chi connectivity index (χ3n) is 5.58. The Bertz CT molecular complexity index is 1530. The van der Waals surface area contributed by atoms with Crippen LogP contribution in [0.4, 0.5) is 5.95 Å². The third kappa shape index (κ3) is 4.90. The van der Waals surface area contributed by atoms with Crippen LogP contribution in [0.2, 0.25) is 5.02 Å². The molecule has 0 unspecified atom stereocenters. The summed E-state index contributed by atoms with van der Waals surface area (Å²) in [6.45, 7) is 6.04. The number of fused-ring (bicyclic) bond motifs is 1. The molecule has 0 aliphatic heterocycles. The Morgan fingerprint density at radius 3 is 2.46 bits per heavy atom. The summed E-state index contributed by atoms with van der Waals surface area (Å²) in [4.78, 5) is 30.6. The molecule has 4 aromatic rings. The van der Waals surface area contributed by atoms with E-state index in [0.29, 0.717) is 28.8 Å². The van der Waals surface area contributed by atoms with Crippen LogP contribution in [-0.4, -0.2) is 31.0 Å². The Hall–Kier alpha value is -4.11. The summed E-state index contributed by atoms with van der Waals surface area (Å²) in [7, 11) is 3.29. The zero-order valence-corrected chi connectivity index (χ0v) is 20.4. The minimum absolute atomic E-state index is 0.121. The minimum atomic E-state index is -0.458. The second-order valence-corrected chi connectivity index (χ2v) is 8.40. The lowest BCUT2D eigenvalue weighted by molar-refractivity contribution is 0.363. The number of aryl methyl sites for hydroxylation is 2. The van der Waals surface area contributed by atoms with Gasteiger partial charge in [0.2, 0.25) is 5.95 Å². The molecule has 0 fully saturated rings. The molecule has 2 heterocycles. The summed E-state index contributed by atoms with van der Waals surface area (Å²) in [5, 5.41) is 4.99. The number of benzene rings is 2. The maximum Gasteiger partial charge on any atom is 0.332 e. The van der Waals surface area contributed by atoms with Crippen molar-refractivity contribution in [3.63, 3.8) is 0 Å². The van der Waals surface area contributed by atoms with E-state index in [1.165, 1.54) is 9.13 Å². The van der Waals surface area contributed by atoms with Gasteiger partial charge in [0.1, 0.15) is 12.4 Å². The Labute approximate surface area is 206 Å². The summed E-state index contributed by atoms with van der Waals surface area (Å²) >= 11 is 5.95. The molecule has 0 saturated heterocycles. The van der Waals surface area contributed by atoms with Crippen molar-refractivity contribution < 1.29 is 4.74 Å². The lowest BCUT2D eigenvalue weighted by Gasteiger charge is -2.09. The number of hydrogen-bond donors (Lipinski definition) is 1. The van der Waals surface area contributed by atoms with Crippen molar-refractivity contribution in [1.29, 1.82) is 0 Å². The van der Waals surface area contributed by atoms with Gasteiger partial charge in [0.25, 0.3) is 5.56 Å². The smallest absolute Gasteiger partial charge is 0.332 e. The maximum atomic E-state index is 13.3. The first kappa shape index (κ1) is 24.0. The molecule has 9 nitrogen and oxygen atoms in total. The molecule has 0 aliphatic carbocycles. The van der Waals surface area contributed by atoms with Crippen molar-refractivity contribution in [2.24, 2.45) is 19.2 Å². The Balaban J connectivity index is 1.65. The average Bonchev–Trinajstić information content (AvgIpc) is 3.20. The van der Waals surface area contributed by atoms with Crippen LogP contribution in [-0.2, 0) is 20.6 Å². The second-order valence-electron chi connectivity index (χ2n) is 7.96. The average molecular weight is 493 g/mol. The number of rotatable bonds is 8. The Morgan fingerprint density at radius 2 is 1.80 bits per heavy atom. The molecule has 0 aliphatic rings. The third-order valence-corrected chi connectivity index (χ3v) is 5.83. The van der Waals surface area contributed by atoms with Gasteiger partial charge in [0.05, 0.1) is 12.3 Å². The van der Waals surface area contributed by atoms with E-state index >= 15 is 0 Å². The molecule has 10 heteroatoms. The molecule has 0 radical (unpaired) electrons. The van der Waals surface area contributed by atoms with Crippen LogP contribution in [0.5, 0.6) is 5.75 Å². The Morgan fingerprint density at radius 1 is 1.11 bits per heavy atom. The number of hydrazone groups is 1. The van der Waals surface area contributed by atoms with Gasteiger partial charge < -0.3 is 9.30 Å². The molecule has 1 N–H and O–H groups in total. The number of nitrogens with zero attached hydrogens (tertiary/aromatic N) is 5. The largest absolute Gasteiger partial charge is 0.490 e. The fraction of sp³-hybridized carbons (Fsp3) is 0.200. The summed E-state index contributed by atoms with van der Waals surface area (Å²) < 4.78 is 9.64. The van der Waals surface area contributed by atoms with Gasteiger partial charge in [-0.2, -0.15) is 10.1 Å². The zero-order chi connectivity index (χ0) is 25.1. The molecule has 0 saturated carbocycles. The molecular weight excluding hydrogens is 468 g/mol. The van der Waals surface area contributed by atoms with Crippen LogP contribution < -0.4 is 21.4 Å². The highest BCUT2D eigenvalue weighted by molar-refractivity contribution is 6.30. The molecule has 0 bridgehead atoms. The molecule has 35 heavy (non-hydrogen) atoms. The number of nitrogens with one attached hydrogen (secondary N) is 1. The number of halogens is 1. The van der Waals surface area contributed by atoms with Gasteiger partial charge >= 0.3 is 5.69 Å². The predicted octanol–water partition coefficient (Wildman–Crippen LogP) is 3.54. The van der Waals surface area contributed by atoms with Gasteiger partial charge in [-0.25, -0.2) is 10.2 Å². The second kappa shape index (κ2) is 10.0. The van der Waals surface area contributed by atoms with E-state index in [9.17, 15) is 9.59 Å². The molecule has 2 aromatic heterocycles. The summed E-state index contributed by atoms with van der Waals surface area (Å²) in [5.74, 6) is 1.07. The van der Waals surface area contributed by atoms with Crippen LogP contribution in [0.1, 0.15) is 18.1 Å². The normalized spacial score (nSPS) is 11.6. The predicted molar refractivity (Wildman–Crippen MR) is 139 cm³/mol.